The van der Waals surface area contributed by atoms with Crippen LogP contribution >= 0.6 is 0 Å². The van der Waals surface area contributed by atoms with Gasteiger partial charge < -0.3 is 9.84 Å². The van der Waals surface area contributed by atoms with Crippen molar-refractivity contribution in [1.29, 1.82) is 0 Å². The van der Waals surface area contributed by atoms with Crippen LogP contribution in [0.1, 0.15) is 112 Å². The van der Waals surface area contributed by atoms with Gasteiger partial charge in [-0.15, -0.1) is 0 Å². The van der Waals surface area contributed by atoms with Crippen LogP contribution < -0.4 is 0 Å². The third-order valence-electron chi connectivity index (χ3n) is 11.0. The summed E-state index contributed by atoms with van der Waals surface area (Å²) in [5.41, 5.74) is 2.45. The summed E-state index contributed by atoms with van der Waals surface area (Å²) in [6.45, 7) is 12.3. The minimum absolute atomic E-state index is 0.0354. The Balaban J connectivity index is 1.35. The number of fused-ring (bicyclic) bond motifs is 5. The van der Waals surface area contributed by atoms with E-state index in [-0.39, 0.29) is 12.1 Å². The Labute approximate surface area is 203 Å². The molecule has 0 saturated heterocycles. The normalized spacial score (nSPS) is 41.9. The Kier molecular flexibility index (Phi) is 7.68. The second-order valence-electron chi connectivity index (χ2n) is 12.9. The maximum atomic E-state index is 11.8. The van der Waals surface area contributed by atoms with Gasteiger partial charge in [-0.2, -0.15) is 0 Å². The number of allylic oxidation sites excluding steroid dienone is 1. The molecule has 3 fully saturated rings. The van der Waals surface area contributed by atoms with E-state index in [2.05, 4.69) is 33.8 Å². The summed E-state index contributed by atoms with van der Waals surface area (Å²) in [4.78, 5) is 11.8. The van der Waals surface area contributed by atoms with Gasteiger partial charge in [0, 0.05) is 6.42 Å². The molecule has 3 nitrogen and oxygen atoms in total. The predicted molar refractivity (Wildman–Crippen MR) is 135 cm³/mol. The summed E-state index contributed by atoms with van der Waals surface area (Å²) in [6, 6.07) is 0. The Bertz CT molecular complexity index is 728. The molecule has 4 rings (SSSR count). The molecule has 1 N–H and O–H groups in total. The summed E-state index contributed by atoms with van der Waals surface area (Å²) in [5.74, 6) is 4.60. The Morgan fingerprint density at radius 3 is 2.67 bits per heavy atom. The zero-order valence-corrected chi connectivity index (χ0v) is 22.1. The van der Waals surface area contributed by atoms with Crippen molar-refractivity contribution in [3.05, 3.63) is 11.6 Å². The van der Waals surface area contributed by atoms with E-state index in [9.17, 15) is 9.90 Å². The molecule has 33 heavy (non-hydrogen) atoms. The van der Waals surface area contributed by atoms with Gasteiger partial charge in [-0.3, -0.25) is 4.79 Å². The lowest BCUT2D eigenvalue weighted by Crippen LogP contribution is -2.50. The highest BCUT2D eigenvalue weighted by molar-refractivity contribution is 5.69. The fourth-order valence-corrected chi connectivity index (χ4v) is 9.21. The van der Waals surface area contributed by atoms with Gasteiger partial charge in [0.05, 0.1) is 12.7 Å². The summed E-state index contributed by atoms with van der Waals surface area (Å²) in [6.07, 6.45) is 16.7. The lowest BCUT2D eigenvalue weighted by atomic mass is 9.47. The molecule has 3 heteroatoms. The van der Waals surface area contributed by atoms with Crippen molar-refractivity contribution in [3.8, 4) is 0 Å². The van der Waals surface area contributed by atoms with E-state index in [1.54, 1.807) is 5.57 Å². The van der Waals surface area contributed by atoms with E-state index in [0.717, 1.165) is 48.9 Å². The van der Waals surface area contributed by atoms with Crippen LogP contribution in [-0.4, -0.2) is 23.8 Å². The minimum atomic E-state index is -0.105. The fraction of sp³-hybridized carbons (Fsp3) is 0.900. The van der Waals surface area contributed by atoms with Crippen molar-refractivity contribution in [2.24, 2.45) is 46.3 Å². The highest BCUT2D eigenvalue weighted by Crippen LogP contribution is 2.67. The average molecular weight is 459 g/mol. The monoisotopic (exact) mass is 458 g/mol. The summed E-state index contributed by atoms with van der Waals surface area (Å²) in [7, 11) is 0. The summed E-state index contributed by atoms with van der Waals surface area (Å²) >= 11 is 0. The molecule has 0 aliphatic heterocycles. The number of rotatable bonds is 8. The Morgan fingerprint density at radius 2 is 1.91 bits per heavy atom. The first-order chi connectivity index (χ1) is 15.7. The van der Waals surface area contributed by atoms with E-state index in [1.807, 2.05) is 6.92 Å². The molecule has 0 aromatic heterocycles. The van der Waals surface area contributed by atoms with Crippen molar-refractivity contribution in [2.45, 2.75) is 118 Å². The number of hydrogen-bond donors (Lipinski definition) is 1. The molecule has 0 aromatic carbocycles. The summed E-state index contributed by atoms with van der Waals surface area (Å²) in [5, 5.41) is 10.3. The molecule has 0 spiro atoms. The van der Waals surface area contributed by atoms with Gasteiger partial charge in [0.15, 0.2) is 0 Å². The van der Waals surface area contributed by atoms with E-state index in [1.165, 1.54) is 51.4 Å². The smallest absolute Gasteiger partial charge is 0.306 e. The van der Waals surface area contributed by atoms with E-state index in [0.29, 0.717) is 29.8 Å². The molecular weight excluding hydrogens is 408 g/mol. The van der Waals surface area contributed by atoms with Gasteiger partial charge in [-0.05, 0) is 105 Å². The fourth-order valence-electron chi connectivity index (χ4n) is 9.21. The average Bonchev–Trinajstić information content (AvgIpc) is 3.11. The van der Waals surface area contributed by atoms with Gasteiger partial charge in [0.1, 0.15) is 0 Å². The van der Waals surface area contributed by atoms with E-state index in [4.69, 9.17) is 4.74 Å². The van der Waals surface area contributed by atoms with Crippen molar-refractivity contribution in [3.63, 3.8) is 0 Å². The lowest BCUT2D eigenvalue weighted by molar-refractivity contribution is -0.144. The zero-order chi connectivity index (χ0) is 23.8. The quantitative estimate of drug-likeness (QED) is 0.306. The molecule has 0 bridgehead atoms. The molecule has 9 atom stereocenters. The number of esters is 1. The SMILES string of the molecule is CCOC(=O)CC(C)CCC[C@@H](C)[C@H]1CC[C@H]2[C@@H]3CC=C4C[C@@H](O)CC[C@]4(C)[C@H]3CC[C@]12C. The second kappa shape index (κ2) is 10.0. The van der Waals surface area contributed by atoms with E-state index < -0.39 is 0 Å². The number of carbonyl (C=O) groups excluding carboxylic acids is 1. The van der Waals surface area contributed by atoms with Crippen molar-refractivity contribution in [1.82, 2.24) is 0 Å². The van der Waals surface area contributed by atoms with Crippen LogP contribution in [0.3, 0.4) is 0 Å². The molecule has 4 aliphatic rings. The van der Waals surface area contributed by atoms with Gasteiger partial charge in [-0.25, -0.2) is 0 Å². The number of carbonyl (C=O) groups is 1. The lowest BCUT2D eigenvalue weighted by Gasteiger charge is -2.58. The molecule has 0 amide bonds. The second-order valence-corrected chi connectivity index (χ2v) is 12.9. The largest absolute Gasteiger partial charge is 0.466 e. The molecule has 3 saturated carbocycles. The van der Waals surface area contributed by atoms with Crippen molar-refractivity contribution in [2.75, 3.05) is 6.61 Å². The molecule has 4 aliphatic carbocycles. The first kappa shape index (κ1) is 25.3. The topological polar surface area (TPSA) is 46.5 Å². The third-order valence-corrected chi connectivity index (χ3v) is 11.0. The molecule has 0 heterocycles. The van der Waals surface area contributed by atoms with Crippen LogP contribution in [0.2, 0.25) is 0 Å². The van der Waals surface area contributed by atoms with E-state index >= 15 is 0 Å². The highest BCUT2D eigenvalue weighted by atomic mass is 16.5. The first-order valence-corrected chi connectivity index (χ1v) is 14.2. The highest BCUT2D eigenvalue weighted by Gasteiger charge is 2.59. The number of aliphatic hydroxyl groups is 1. The Morgan fingerprint density at radius 1 is 1.12 bits per heavy atom. The maximum Gasteiger partial charge on any atom is 0.306 e. The van der Waals surface area contributed by atoms with Crippen LogP contribution in [0, 0.1) is 46.3 Å². The van der Waals surface area contributed by atoms with Crippen LogP contribution in [-0.2, 0) is 9.53 Å². The molecule has 1 unspecified atom stereocenters. The third kappa shape index (κ3) is 4.82. The van der Waals surface area contributed by atoms with Gasteiger partial charge in [0.25, 0.3) is 0 Å². The zero-order valence-electron chi connectivity index (χ0n) is 22.1. The van der Waals surface area contributed by atoms with Crippen LogP contribution in [0.25, 0.3) is 0 Å². The molecule has 0 radical (unpaired) electrons. The standard InChI is InChI=1S/C30H50O3/c1-6-33-28(32)18-20(2)8-7-9-21(3)25-12-13-26-24-11-10-22-19-23(31)14-16-29(22,4)27(24)15-17-30(25,26)5/h10,20-21,23-27,31H,6-9,11-19H2,1-5H3/t20?,21-,23+,24+,25-,26+,27+,29+,30-/m1/s1. The van der Waals surface area contributed by atoms with Crippen LogP contribution in [0.15, 0.2) is 11.6 Å². The maximum absolute atomic E-state index is 11.8. The Hall–Kier alpha value is -0.830. The first-order valence-electron chi connectivity index (χ1n) is 14.2. The predicted octanol–water partition coefficient (Wildman–Crippen LogP) is 7.32. The van der Waals surface area contributed by atoms with Gasteiger partial charge in [0.2, 0.25) is 0 Å². The van der Waals surface area contributed by atoms with Gasteiger partial charge in [-0.1, -0.05) is 58.6 Å². The molecule has 0 aromatic rings. The molecule has 188 valence electrons. The molecular formula is C30H50O3. The minimum Gasteiger partial charge on any atom is -0.466 e. The van der Waals surface area contributed by atoms with Crippen molar-refractivity contribution >= 4 is 5.97 Å². The van der Waals surface area contributed by atoms with Crippen LogP contribution in [0.4, 0.5) is 0 Å². The summed E-state index contributed by atoms with van der Waals surface area (Å²) < 4.78 is 5.13. The number of hydrogen-bond acceptors (Lipinski definition) is 3. The van der Waals surface area contributed by atoms with Crippen molar-refractivity contribution < 1.29 is 14.6 Å². The van der Waals surface area contributed by atoms with Crippen LogP contribution in [0.5, 0.6) is 0 Å². The van der Waals surface area contributed by atoms with Gasteiger partial charge >= 0.3 is 5.97 Å². The number of ether oxygens (including phenoxy) is 1. The number of aliphatic hydroxyl groups excluding tert-OH is 1.